The van der Waals surface area contributed by atoms with Crippen molar-refractivity contribution >= 4 is 5.97 Å². The normalized spacial score (nSPS) is 56.3. The molecule has 1 spiro atoms. The maximum atomic E-state index is 11.8. The molecule has 34 heavy (non-hydrogen) atoms. The summed E-state index contributed by atoms with van der Waals surface area (Å²) < 4.78 is 19.1. The van der Waals surface area contributed by atoms with E-state index in [1.54, 1.807) is 0 Å². The fourth-order valence-electron chi connectivity index (χ4n) is 10.6. The third-order valence-electron chi connectivity index (χ3n) is 12.3. The first kappa shape index (κ1) is 23.7. The van der Waals surface area contributed by atoms with E-state index in [0.29, 0.717) is 40.6 Å². The van der Waals surface area contributed by atoms with Crippen molar-refractivity contribution < 1.29 is 19.0 Å². The van der Waals surface area contributed by atoms with Gasteiger partial charge in [0.15, 0.2) is 5.79 Å². The minimum absolute atomic E-state index is 0.00241. The molecule has 4 saturated carbocycles. The van der Waals surface area contributed by atoms with Crippen LogP contribution in [-0.4, -0.2) is 37.1 Å². The van der Waals surface area contributed by atoms with Crippen molar-refractivity contribution in [3.63, 3.8) is 0 Å². The lowest BCUT2D eigenvalue weighted by Gasteiger charge is -2.61. The van der Waals surface area contributed by atoms with E-state index in [1.165, 1.54) is 44.9 Å². The minimum atomic E-state index is -0.310. The molecule has 0 aromatic rings. The van der Waals surface area contributed by atoms with Crippen LogP contribution in [0.2, 0.25) is 0 Å². The van der Waals surface area contributed by atoms with Crippen LogP contribution in [0.1, 0.15) is 91.9 Å². The highest BCUT2D eigenvalue weighted by Crippen LogP contribution is 2.71. The SMILES string of the molecule is CC1C2C(CC3C4CCC5C[C@H](OC(=O)CN)CC[C@]5(C)C4CC[C@@]32C)O[C@]12CC[C@H](C)CO2. The van der Waals surface area contributed by atoms with Gasteiger partial charge in [-0.25, -0.2) is 0 Å². The Morgan fingerprint density at radius 1 is 0.971 bits per heavy atom. The molecule has 2 N–H and O–H groups in total. The fourth-order valence-corrected chi connectivity index (χ4v) is 10.6. The van der Waals surface area contributed by atoms with Gasteiger partial charge in [-0.1, -0.05) is 27.7 Å². The van der Waals surface area contributed by atoms with Crippen LogP contribution < -0.4 is 5.73 Å². The van der Waals surface area contributed by atoms with Gasteiger partial charge in [-0.05, 0) is 104 Å². The molecule has 6 rings (SSSR count). The summed E-state index contributed by atoms with van der Waals surface area (Å²) in [6.07, 6.45) is 12.6. The van der Waals surface area contributed by atoms with Gasteiger partial charge in [-0.2, -0.15) is 0 Å². The number of esters is 1. The van der Waals surface area contributed by atoms with Gasteiger partial charge in [0.1, 0.15) is 6.10 Å². The number of carbonyl (C=O) groups excluding carboxylic acids is 1. The van der Waals surface area contributed by atoms with Crippen molar-refractivity contribution in [1.82, 2.24) is 0 Å². The Labute approximate surface area is 206 Å². The van der Waals surface area contributed by atoms with Crippen LogP contribution in [0.4, 0.5) is 0 Å². The number of carbonyl (C=O) groups is 1. The van der Waals surface area contributed by atoms with Crippen molar-refractivity contribution in [3.8, 4) is 0 Å². The molecule has 6 fully saturated rings. The van der Waals surface area contributed by atoms with Gasteiger partial charge in [0.25, 0.3) is 0 Å². The lowest BCUT2D eigenvalue weighted by Crippen LogP contribution is -2.55. The molecule has 5 nitrogen and oxygen atoms in total. The van der Waals surface area contributed by atoms with Crippen molar-refractivity contribution in [2.75, 3.05) is 13.2 Å². The second-order valence-corrected chi connectivity index (χ2v) is 13.8. The molecule has 6 aliphatic rings. The molecule has 0 aromatic carbocycles. The number of hydrogen-bond donors (Lipinski definition) is 1. The van der Waals surface area contributed by atoms with Gasteiger partial charge in [0.2, 0.25) is 0 Å². The first-order valence-corrected chi connectivity index (χ1v) is 14.4. The van der Waals surface area contributed by atoms with Crippen LogP contribution in [-0.2, 0) is 19.0 Å². The summed E-state index contributed by atoms with van der Waals surface area (Å²) in [5.74, 6) is 4.35. The van der Waals surface area contributed by atoms with Gasteiger partial charge in [-0.3, -0.25) is 4.79 Å². The second-order valence-electron chi connectivity index (χ2n) is 13.8. The maximum Gasteiger partial charge on any atom is 0.319 e. The Morgan fingerprint density at radius 2 is 1.76 bits per heavy atom. The van der Waals surface area contributed by atoms with Gasteiger partial charge >= 0.3 is 5.97 Å². The lowest BCUT2D eigenvalue weighted by molar-refractivity contribution is -0.273. The molecular formula is C29H47NO4. The summed E-state index contributed by atoms with van der Waals surface area (Å²) in [6, 6.07) is 0. The van der Waals surface area contributed by atoms with Crippen LogP contribution in [0.5, 0.6) is 0 Å². The second kappa shape index (κ2) is 8.18. The molecule has 0 aromatic heterocycles. The molecule has 0 radical (unpaired) electrons. The van der Waals surface area contributed by atoms with Crippen LogP contribution in [0.25, 0.3) is 0 Å². The summed E-state index contributed by atoms with van der Waals surface area (Å²) in [4.78, 5) is 11.8. The van der Waals surface area contributed by atoms with E-state index in [9.17, 15) is 4.79 Å². The van der Waals surface area contributed by atoms with Crippen molar-refractivity contribution in [3.05, 3.63) is 0 Å². The Kier molecular flexibility index (Phi) is 5.71. The minimum Gasteiger partial charge on any atom is -0.461 e. The summed E-state index contributed by atoms with van der Waals surface area (Å²) in [5, 5.41) is 0. The average Bonchev–Trinajstić information content (AvgIpc) is 3.26. The lowest BCUT2D eigenvalue weighted by atomic mass is 9.44. The van der Waals surface area contributed by atoms with Crippen LogP contribution in [0.15, 0.2) is 0 Å². The molecule has 7 unspecified atom stereocenters. The summed E-state index contributed by atoms with van der Waals surface area (Å²) in [5.41, 5.74) is 6.28. The maximum absolute atomic E-state index is 11.8. The Balaban J connectivity index is 1.19. The number of nitrogens with two attached hydrogens (primary N) is 1. The van der Waals surface area contributed by atoms with Gasteiger partial charge in [0.05, 0.1) is 19.3 Å². The predicted molar refractivity (Wildman–Crippen MR) is 131 cm³/mol. The first-order valence-electron chi connectivity index (χ1n) is 14.4. The zero-order valence-electron chi connectivity index (χ0n) is 21.9. The fraction of sp³-hybridized carbons (Fsp3) is 0.966. The molecule has 2 heterocycles. The van der Waals surface area contributed by atoms with E-state index < -0.39 is 0 Å². The van der Waals surface area contributed by atoms with Gasteiger partial charge in [0, 0.05) is 12.3 Å². The molecular weight excluding hydrogens is 426 g/mol. The van der Waals surface area contributed by atoms with E-state index in [1.807, 2.05) is 0 Å². The number of ether oxygens (including phenoxy) is 3. The quantitative estimate of drug-likeness (QED) is 0.551. The number of rotatable bonds is 2. The number of fused-ring (bicyclic) bond motifs is 7. The monoisotopic (exact) mass is 473 g/mol. The molecule has 0 bridgehead atoms. The Bertz CT molecular complexity index is 808. The Hall–Kier alpha value is -0.650. The third kappa shape index (κ3) is 3.31. The summed E-state index contributed by atoms with van der Waals surface area (Å²) in [6.45, 7) is 10.8. The Morgan fingerprint density at radius 3 is 2.50 bits per heavy atom. The highest BCUT2D eigenvalue weighted by atomic mass is 16.7. The summed E-state index contributed by atoms with van der Waals surface area (Å²) >= 11 is 0. The largest absolute Gasteiger partial charge is 0.461 e. The molecule has 0 amide bonds. The first-order chi connectivity index (χ1) is 16.2. The molecule has 12 atom stereocenters. The van der Waals surface area contributed by atoms with E-state index >= 15 is 0 Å². The molecule has 2 saturated heterocycles. The van der Waals surface area contributed by atoms with Gasteiger partial charge < -0.3 is 19.9 Å². The van der Waals surface area contributed by atoms with Gasteiger partial charge in [-0.15, -0.1) is 0 Å². The zero-order valence-corrected chi connectivity index (χ0v) is 21.9. The standard InChI is InChI=1S/C29H47NO4/c1-17-7-12-29(32-16-17)18(2)26-24(34-29)14-23-21-6-5-19-13-20(33-25(31)15-30)8-10-27(19,3)22(21)9-11-28(23,26)4/h17-24,26H,5-16,30H2,1-4H3/t17-,18?,19?,20+,21?,22?,23?,24?,26?,27-,28-,29+/m0/s1. The zero-order chi connectivity index (χ0) is 23.9. The van der Waals surface area contributed by atoms with E-state index in [-0.39, 0.29) is 24.4 Å². The summed E-state index contributed by atoms with van der Waals surface area (Å²) in [7, 11) is 0. The third-order valence-corrected chi connectivity index (χ3v) is 12.3. The molecule has 2 aliphatic heterocycles. The van der Waals surface area contributed by atoms with E-state index in [2.05, 4.69) is 27.7 Å². The highest BCUT2D eigenvalue weighted by molar-refractivity contribution is 5.71. The van der Waals surface area contributed by atoms with Crippen molar-refractivity contribution in [1.29, 1.82) is 0 Å². The van der Waals surface area contributed by atoms with Crippen molar-refractivity contribution in [2.45, 2.75) is 110 Å². The predicted octanol–water partition coefficient (Wildman–Crippen LogP) is 5.30. The average molecular weight is 474 g/mol. The van der Waals surface area contributed by atoms with Crippen LogP contribution >= 0.6 is 0 Å². The van der Waals surface area contributed by atoms with Crippen LogP contribution in [0, 0.1) is 52.3 Å². The smallest absolute Gasteiger partial charge is 0.319 e. The molecule has 5 heteroatoms. The van der Waals surface area contributed by atoms with Crippen molar-refractivity contribution in [2.24, 2.45) is 58.0 Å². The highest BCUT2D eigenvalue weighted by Gasteiger charge is 2.69. The topological polar surface area (TPSA) is 70.8 Å². The molecule has 4 aliphatic carbocycles. The van der Waals surface area contributed by atoms with E-state index in [0.717, 1.165) is 43.6 Å². The van der Waals surface area contributed by atoms with E-state index in [4.69, 9.17) is 19.9 Å². The number of hydrogen-bond acceptors (Lipinski definition) is 5. The van der Waals surface area contributed by atoms with Crippen LogP contribution in [0.3, 0.4) is 0 Å². The molecule has 192 valence electrons.